The van der Waals surface area contributed by atoms with Crippen LogP contribution in [0.2, 0.25) is 5.02 Å². The van der Waals surface area contributed by atoms with E-state index in [0.29, 0.717) is 32.4 Å². The number of carbonyl (C=O) groups is 2. The van der Waals surface area contributed by atoms with Crippen LogP contribution in [0.5, 0.6) is 0 Å². The number of alkyl halides is 3. The molecule has 1 amide bonds. The molecule has 0 bridgehead atoms. The predicted molar refractivity (Wildman–Crippen MR) is 102 cm³/mol. The van der Waals surface area contributed by atoms with E-state index >= 15 is 0 Å². The van der Waals surface area contributed by atoms with Crippen molar-refractivity contribution in [2.45, 2.75) is 37.5 Å². The number of amides is 1. The van der Waals surface area contributed by atoms with E-state index in [-0.39, 0.29) is 23.2 Å². The monoisotopic (exact) mass is 453 g/mol. The minimum absolute atomic E-state index is 0.0856. The SMILES string of the molecule is O=C(O)[C@H]1CCN(Cl)C[C@@H]1N1CCC[C@@H](Nc2cc(Cl)cc(C(F)(F)F)c2)C1=O. The topological polar surface area (TPSA) is 72.9 Å². The Morgan fingerprint density at radius 2 is 1.93 bits per heavy atom. The molecule has 0 spiro atoms. The molecule has 29 heavy (non-hydrogen) atoms. The van der Waals surface area contributed by atoms with Gasteiger partial charge in [-0.15, -0.1) is 0 Å². The number of carboxylic acids is 1. The van der Waals surface area contributed by atoms with Gasteiger partial charge in [-0.3, -0.25) is 9.59 Å². The van der Waals surface area contributed by atoms with E-state index < -0.39 is 35.7 Å². The van der Waals surface area contributed by atoms with E-state index in [4.69, 9.17) is 23.4 Å². The van der Waals surface area contributed by atoms with Gasteiger partial charge in [0.05, 0.1) is 17.5 Å². The van der Waals surface area contributed by atoms with Crippen molar-refractivity contribution in [2.75, 3.05) is 25.0 Å². The molecule has 0 aliphatic carbocycles. The first-order chi connectivity index (χ1) is 13.6. The smallest absolute Gasteiger partial charge is 0.416 e. The number of aliphatic carboxylic acids is 1. The summed E-state index contributed by atoms with van der Waals surface area (Å²) in [7, 11) is 0. The largest absolute Gasteiger partial charge is 0.481 e. The molecule has 2 fully saturated rings. The Morgan fingerprint density at radius 1 is 1.21 bits per heavy atom. The maximum Gasteiger partial charge on any atom is 0.416 e. The summed E-state index contributed by atoms with van der Waals surface area (Å²) in [5, 5.41) is 12.3. The highest BCUT2D eigenvalue weighted by atomic mass is 35.5. The standard InChI is InChI=1S/C18H20Cl2F3N3O3/c19-11-6-10(18(21,22)23)7-12(8-11)24-14-2-1-4-26(16(14)27)15-9-25(20)5-3-13(15)17(28)29/h6-8,13-15,24H,1-5,9H2,(H,28,29)/t13-,14+,15-/m0/s1. The third-order valence-corrected chi connectivity index (χ3v) is 5.81. The average molecular weight is 454 g/mol. The Balaban J connectivity index is 1.79. The van der Waals surface area contributed by atoms with Crippen molar-refractivity contribution in [2.24, 2.45) is 5.92 Å². The molecule has 2 aliphatic rings. The lowest BCUT2D eigenvalue weighted by Crippen LogP contribution is -2.59. The van der Waals surface area contributed by atoms with Crippen molar-refractivity contribution in [3.8, 4) is 0 Å². The van der Waals surface area contributed by atoms with Crippen LogP contribution in [0.15, 0.2) is 18.2 Å². The maximum atomic E-state index is 13.0. The van der Waals surface area contributed by atoms with E-state index in [9.17, 15) is 27.9 Å². The van der Waals surface area contributed by atoms with E-state index in [1.165, 1.54) is 15.4 Å². The molecule has 1 aromatic rings. The number of carbonyl (C=O) groups excluding carboxylic acids is 1. The number of nitrogens with one attached hydrogen (secondary N) is 1. The molecular weight excluding hydrogens is 434 g/mol. The Labute approximate surface area is 175 Å². The van der Waals surface area contributed by atoms with Crippen LogP contribution in [0.4, 0.5) is 18.9 Å². The molecule has 2 N–H and O–H groups in total. The molecular formula is C18H20Cl2F3N3O3. The summed E-state index contributed by atoms with van der Waals surface area (Å²) in [6, 6.07) is 1.67. The maximum absolute atomic E-state index is 13.0. The molecule has 2 saturated heterocycles. The predicted octanol–water partition coefficient (Wildman–Crippen LogP) is 3.69. The van der Waals surface area contributed by atoms with Crippen LogP contribution in [-0.2, 0) is 15.8 Å². The van der Waals surface area contributed by atoms with Crippen LogP contribution < -0.4 is 5.32 Å². The summed E-state index contributed by atoms with van der Waals surface area (Å²) in [6.45, 7) is 0.993. The zero-order valence-corrected chi connectivity index (χ0v) is 16.8. The van der Waals surface area contributed by atoms with Crippen molar-refractivity contribution in [3.05, 3.63) is 28.8 Å². The molecule has 3 atom stereocenters. The minimum Gasteiger partial charge on any atom is -0.481 e. The summed E-state index contributed by atoms with van der Waals surface area (Å²) in [4.78, 5) is 26.1. The lowest BCUT2D eigenvalue weighted by Gasteiger charge is -2.44. The molecule has 2 aliphatic heterocycles. The van der Waals surface area contributed by atoms with Crippen LogP contribution >= 0.6 is 23.4 Å². The second-order valence-electron chi connectivity index (χ2n) is 7.27. The molecule has 0 radical (unpaired) electrons. The number of carboxylic acid groups (broad SMARTS) is 1. The lowest BCUT2D eigenvalue weighted by atomic mass is 9.89. The van der Waals surface area contributed by atoms with Crippen LogP contribution in [-0.4, -0.2) is 58.0 Å². The highest BCUT2D eigenvalue weighted by Gasteiger charge is 2.42. The van der Waals surface area contributed by atoms with E-state index in [1.807, 2.05) is 0 Å². The van der Waals surface area contributed by atoms with E-state index in [1.54, 1.807) is 0 Å². The van der Waals surface area contributed by atoms with Crippen LogP contribution in [0, 0.1) is 5.92 Å². The first kappa shape index (κ1) is 22.0. The summed E-state index contributed by atoms with van der Waals surface area (Å²) in [5.41, 5.74) is -0.828. The number of anilines is 1. The fraction of sp³-hybridized carbons (Fsp3) is 0.556. The van der Waals surface area contributed by atoms with Gasteiger partial charge in [0.2, 0.25) is 5.91 Å². The Hall–Kier alpha value is -1.71. The van der Waals surface area contributed by atoms with Gasteiger partial charge in [0, 0.05) is 30.3 Å². The summed E-state index contributed by atoms with van der Waals surface area (Å²) in [5.74, 6) is -2.09. The van der Waals surface area contributed by atoms with E-state index in [0.717, 1.165) is 12.1 Å². The summed E-state index contributed by atoms with van der Waals surface area (Å²) in [6.07, 6.45) is -3.25. The van der Waals surface area contributed by atoms with Gasteiger partial charge in [-0.1, -0.05) is 11.6 Å². The van der Waals surface area contributed by atoms with Crippen molar-refractivity contribution >= 4 is 40.9 Å². The number of hydrogen-bond acceptors (Lipinski definition) is 4. The number of halogens is 5. The van der Waals surface area contributed by atoms with Gasteiger partial charge in [-0.2, -0.15) is 13.2 Å². The quantitative estimate of drug-likeness (QED) is 0.680. The molecule has 3 rings (SSSR count). The first-order valence-electron chi connectivity index (χ1n) is 9.14. The van der Waals surface area contributed by atoms with Crippen molar-refractivity contribution in [1.82, 2.24) is 9.32 Å². The molecule has 0 unspecified atom stereocenters. The number of likely N-dealkylation sites (tertiary alicyclic amines) is 1. The highest BCUT2D eigenvalue weighted by Crippen LogP contribution is 2.34. The fourth-order valence-electron chi connectivity index (χ4n) is 3.90. The molecule has 0 aromatic heterocycles. The van der Waals surface area contributed by atoms with Gasteiger partial charge in [0.25, 0.3) is 0 Å². The average Bonchev–Trinajstić information content (AvgIpc) is 2.62. The normalized spacial score (nSPS) is 26.4. The van der Waals surface area contributed by atoms with Gasteiger partial charge in [0.1, 0.15) is 6.04 Å². The molecule has 160 valence electrons. The zero-order chi connectivity index (χ0) is 21.3. The zero-order valence-electron chi connectivity index (χ0n) is 15.3. The van der Waals surface area contributed by atoms with Crippen LogP contribution in [0.1, 0.15) is 24.8 Å². The number of benzene rings is 1. The second kappa shape index (κ2) is 8.57. The molecule has 11 heteroatoms. The minimum atomic E-state index is -4.56. The highest BCUT2D eigenvalue weighted by molar-refractivity contribution is 6.31. The lowest BCUT2D eigenvalue weighted by molar-refractivity contribution is -0.150. The van der Waals surface area contributed by atoms with Crippen LogP contribution in [0.3, 0.4) is 0 Å². The van der Waals surface area contributed by atoms with E-state index in [2.05, 4.69) is 5.32 Å². The third kappa shape index (κ3) is 5.07. The molecule has 1 aromatic carbocycles. The number of hydrogen-bond donors (Lipinski definition) is 2. The number of nitrogens with zero attached hydrogens (tertiary/aromatic N) is 2. The van der Waals surface area contributed by atoms with Crippen LogP contribution in [0.25, 0.3) is 0 Å². The molecule has 2 heterocycles. The summed E-state index contributed by atoms with van der Waals surface area (Å²) >= 11 is 11.9. The Kier molecular flexibility index (Phi) is 6.50. The van der Waals surface area contributed by atoms with Gasteiger partial charge in [0.15, 0.2) is 0 Å². The first-order valence-corrected chi connectivity index (χ1v) is 9.86. The van der Waals surface area contributed by atoms with Gasteiger partial charge in [-0.25, -0.2) is 4.42 Å². The van der Waals surface area contributed by atoms with Crippen molar-refractivity contribution in [3.63, 3.8) is 0 Å². The summed E-state index contributed by atoms with van der Waals surface area (Å²) < 4.78 is 40.5. The Bertz CT molecular complexity index is 793. The Morgan fingerprint density at radius 3 is 2.59 bits per heavy atom. The second-order valence-corrected chi connectivity index (χ2v) is 8.18. The van der Waals surface area contributed by atoms with Gasteiger partial charge < -0.3 is 15.3 Å². The van der Waals surface area contributed by atoms with Gasteiger partial charge >= 0.3 is 12.1 Å². The van der Waals surface area contributed by atoms with Gasteiger partial charge in [-0.05, 0) is 49.2 Å². The van der Waals surface area contributed by atoms with Crippen molar-refractivity contribution in [1.29, 1.82) is 0 Å². The molecule has 0 saturated carbocycles. The number of piperidine rings is 2. The van der Waals surface area contributed by atoms with Crippen molar-refractivity contribution < 1.29 is 27.9 Å². The number of rotatable bonds is 4. The molecule has 6 nitrogen and oxygen atoms in total. The third-order valence-electron chi connectivity index (χ3n) is 5.29. The fourth-order valence-corrected chi connectivity index (χ4v) is 4.37.